The molecule has 0 unspecified atom stereocenters. The molecular weight excluding hydrogens is 294 g/mol. The molecule has 0 atom stereocenters. The van der Waals surface area contributed by atoms with Gasteiger partial charge < -0.3 is 21.1 Å². The van der Waals surface area contributed by atoms with Crippen LogP contribution in [0.1, 0.15) is 16.1 Å². The fraction of sp³-hybridized carbons (Fsp3) is 0.0625. The van der Waals surface area contributed by atoms with Gasteiger partial charge in [-0.3, -0.25) is 4.79 Å². The highest BCUT2D eigenvalue weighted by Crippen LogP contribution is 2.38. The number of nitriles is 1. The third-order valence-electron chi connectivity index (χ3n) is 3.63. The molecule has 3 aromatic rings. The number of aromatic nitrogens is 2. The van der Waals surface area contributed by atoms with E-state index in [0.717, 1.165) is 0 Å². The number of benzene rings is 1. The van der Waals surface area contributed by atoms with Gasteiger partial charge in [-0.15, -0.1) is 0 Å². The van der Waals surface area contributed by atoms with Crippen LogP contribution < -0.4 is 11.5 Å². The van der Waals surface area contributed by atoms with E-state index in [1.807, 2.05) is 0 Å². The zero-order valence-electron chi connectivity index (χ0n) is 12.2. The lowest BCUT2D eigenvalue weighted by atomic mass is 9.98. The number of phenols is 1. The minimum absolute atomic E-state index is 0.0435. The number of carbonyl (C=O) groups excluding carboxylic acids is 1. The average Bonchev–Trinajstić information content (AvgIpc) is 2.82. The van der Waals surface area contributed by atoms with Crippen molar-refractivity contribution in [3.63, 3.8) is 0 Å². The molecule has 0 saturated carbocycles. The number of pyridine rings is 1. The molecule has 7 nitrogen and oxygen atoms in total. The number of hydrogen-bond donors (Lipinski definition) is 3. The number of nitrogens with zero attached hydrogens (tertiary/aromatic N) is 3. The van der Waals surface area contributed by atoms with Crippen LogP contribution in [0.25, 0.3) is 22.2 Å². The molecule has 1 amide bonds. The Bertz CT molecular complexity index is 998. The topological polar surface area (TPSA) is 131 Å². The maximum absolute atomic E-state index is 11.7. The highest BCUT2D eigenvalue weighted by atomic mass is 16.3. The Hall–Kier alpha value is -3.53. The number of aromatic hydroxyl groups is 1. The summed E-state index contributed by atoms with van der Waals surface area (Å²) >= 11 is 0. The lowest BCUT2D eigenvalue weighted by molar-refractivity contribution is 0.0997. The van der Waals surface area contributed by atoms with Gasteiger partial charge in [-0.25, -0.2) is 4.98 Å². The van der Waals surface area contributed by atoms with E-state index < -0.39 is 5.91 Å². The van der Waals surface area contributed by atoms with Crippen LogP contribution in [0.5, 0.6) is 5.75 Å². The smallest absolute Gasteiger partial charge is 0.269 e. The molecule has 3 rings (SSSR count). The summed E-state index contributed by atoms with van der Waals surface area (Å²) in [6.07, 6.45) is 1.61. The van der Waals surface area contributed by atoms with Crippen LogP contribution in [-0.4, -0.2) is 20.6 Å². The Kier molecular flexibility index (Phi) is 3.15. The Morgan fingerprint density at radius 3 is 2.78 bits per heavy atom. The number of fused-ring (bicyclic) bond motifs is 1. The SMILES string of the molecule is Cn1cc(C#N)c2c(-c3cccc(O)c3)c(N)c(C(N)=O)nc21. The van der Waals surface area contributed by atoms with Gasteiger partial charge in [-0.05, 0) is 17.7 Å². The molecule has 0 aliphatic heterocycles. The quantitative estimate of drug-likeness (QED) is 0.660. The zero-order chi connectivity index (χ0) is 16.7. The van der Waals surface area contributed by atoms with Crippen molar-refractivity contribution in [2.45, 2.75) is 0 Å². The van der Waals surface area contributed by atoms with E-state index in [4.69, 9.17) is 11.5 Å². The lowest BCUT2D eigenvalue weighted by Crippen LogP contribution is -2.17. The number of carbonyl (C=O) groups is 1. The van der Waals surface area contributed by atoms with Gasteiger partial charge in [0.2, 0.25) is 0 Å². The van der Waals surface area contributed by atoms with E-state index in [1.165, 1.54) is 12.1 Å². The zero-order valence-corrected chi connectivity index (χ0v) is 12.2. The van der Waals surface area contributed by atoms with Crippen molar-refractivity contribution in [2.24, 2.45) is 12.8 Å². The molecule has 23 heavy (non-hydrogen) atoms. The maximum atomic E-state index is 11.7. The second-order valence-electron chi connectivity index (χ2n) is 5.13. The predicted molar refractivity (Wildman–Crippen MR) is 85.5 cm³/mol. The summed E-state index contributed by atoms with van der Waals surface area (Å²) in [6, 6.07) is 8.49. The van der Waals surface area contributed by atoms with E-state index in [9.17, 15) is 15.2 Å². The molecular formula is C16H13N5O2. The third kappa shape index (κ3) is 2.13. The largest absolute Gasteiger partial charge is 0.508 e. The van der Waals surface area contributed by atoms with Crippen molar-refractivity contribution in [1.29, 1.82) is 5.26 Å². The minimum Gasteiger partial charge on any atom is -0.508 e. The van der Waals surface area contributed by atoms with Crippen molar-refractivity contribution in [3.05, 3.63) is 41.7 Å². The van der Waals surface area contributed by atoms with Gasteiger partial charge in [0, 0.05) is 24.2 Å². The average molecular weight is 307 g/mol. The van der Waals surface area contributed by atoms with Gasteiger partial charge in [-0.1, -0.05) is 12.1 Å². The first-order valence-electron chi connectivity index (χ1n) is 6.71. The van der Waals surface area contributed by atoms with Crippen LogP contribution in [0.2, 0.25) is 0 Å². The first-order valence-corrected chi connectivity index (χ1v) is 6.71. The number of nitrogen functional groups attached to an aromatic ring is 1. The molecule has 0 aliphatic rings. The summed E-state index contributed by atoms with van der Waals surface area (Å²) in [4.78, 5) is 15.9. The van der Waals surface area contributed by atoms with E-state index in [1.54, 1.807) is 29.9 Å². The van der Waals surface area contributed by atoms with Gasteiger partial charge in [-0.2, -0.15) is 5.26 Å². The number of aryl methyl sites for hydroxylation is 1. The van der Waals surface area contributed by atoms with E-state index >= 15 is 0 Å². The predicted octanol–water partition coefficient (Wildman–Crippen LogP) is 1.50. The van der Waals surface area contributed by atoms with Crippen molar-refractivity contribution in [2.75, 3.05) is 5.73 Å². The van der Waals surface area contributed by atoms with Gasteiger partial charge in [0.15, 0.2) is 5.69 Å². The van der Waals surface area contributed by atoms with Crippen molar-refractivity contribution >= 4 is 22.6 Å². The molecule has 0 saturated heterocycles. The third-order valence-corrected chi connectivity index (χ3v) is 3.63. The van der Waals surface area contributed by atoms with Gasteiger partial charge >= 0.3 is 0 Å². The summed E-state index contributed by atoms with van der Waals surface area (Å²) in [5.41, 5.74) is 13.3. The van der Waals surface area contributed by atoms with Crippen molar-refractivity contribution < 1.29 is 9.90 Å². The highest BCUT2D eigenvalue weighted by Gasteiger charge is 2.22. The van der Waals surface area contributed by atoms with Crippen molar-refractivity contribution in [1.82, 2.24) is 9.55 Å². The molecule has 7 heteroatoms. The molecule has 0 aliphatic carbocycles. The standard InChI is InChI=1S/C16H13N5O2/c1-21-7-9(6-17)12-11(8-3-2-4-10(22)5-8)13(18)14(15(19)23)20-16(12)21/h2-5,7,22H,18H2,1H3,(H2,19,23). The number of hydrogen-bond acceptors (Lipinski definition) is 5. The Morgan fingerprint density at radius 2 is 2.17 bits per heavy atom. The Labute approximate surface area is 131 Å². The summed E-state index contributed by atoms with van der Waals surface area (Å²) < 4.78 is 1.63. The number of primary amides is 1. The molecule has 1 aromatic carbocycles. The fourth-order valence-corrected chi connectivity index (χ4v) is 2.65. The van der Waals surface area contributed by atoms with Gasteiger partial charge in [0.05, 0.1) is 11.3 Å². The normalized spacial score (nSPS) is 10.6. The van der Waals surface area contributed by atoms with Crippen molar-refractivity contribution in [3.8, 4) is 22.9 Å². The lowest BCUT2D eigenvalue weighted by Gasteiger charge is -2.12. The first-order chi connectivity index (χ1) is 10.9. The summed E-state index contributed by atoms with van der Waals surface area (Å²) in [5, 5.41) is 19.6. The maximum Gasteiger partial charge on any atom is 0.269 e. The molecule has 0 spiro atoms. The number of anilines is 1. The fourth-order valence-electron chi connectivity index (χ4n) is 2.65. The van der Waals surface area contributed by atoms with Gasteiger partial charge in [0.25, 0.3) is 5.91 Å². The second-order valence-corrected chi connectivity index (χ2v) is 5.13. The Balaban J connectivity index is 2.54. The van der Waals surface area contributed by atoms with Crippen LogP contribution in [0.4, 0.5) is 5.69 Å². The summed E-state index contributed by atoms with van der Waals surface area (Å²) in [7, 11) is 1.71. The molecule has 2 aromatic heterocycles. The van der Waals surface area contributed by atoms with Crippen LogP contribution in [-0.2, 0) is 7.05 Å². The van der Waals surface area contributed by atoms with Crippen LogP contribution >= 0.6 is 0 Å². The first kappa shape index (κ1) is 14.4. The number of phenolic OH excluding ortho intramolecular Hbond substituents is 1. The van der Waals surface area contributed by atoms with Gasteiger partial charge in [0.1, 0.15) is 17.5 Å². The summed E-state index contributed by atoms with van der Waals surface area (Å²) in [5.74, 6) is -0.715. The number of amides is 1. The Morgan fingerprint density at radius 1 is 1.43 bits per heavy atom. The molecule has 5 N–H and O–H groups in total. The summed E-state index contributed by atoms with van der Waals surface area (Å²) in [6.45, 7) is 0. The second kappa shape index (κ2) is 5.03. The van der Waals surface area contributed by atoms with Crippen LogP contribution in [0.3, 0.4) is 0 Å². The molecule has 114 valence electrons. The number of nitrogens with two attached hydrogens (primary N) is 2. The van der Waals surface area contributed by atoms with Crippen LogP contribution in [0, 0.1) is 11.3 Å². The molecule has 0 fully saturated rings. The molecule has 2 heterocycles. The number of rotatable bonds is 2. The molecule has 0 radical (unpaired) electrons. The van der Waals surface area contributed by atoms with E-state index in [0.29, 0.717) is 27.7 Å². The monoisotopic (exact) mass is 307 g/mol. The highest BCUT2D eigenvalue weighted by molar-refractivity contribution is 6.09. The minimum atomic E-state index is -0.759. The van der Waals surface area contributed by atoms with E-state index in [-0.39, 0.29) is 17.1 Å². The molecule has 0 bridgehead atoms. The van der Waals surface area contributed by atoms with Crippen LogP contribution in [0.15, 0.2) is 30.5 Å². The van der Waals surface area contributed by atoms with E-state index in [2.05, 4.69) is 11.1 Å².